The lowest BCUT2D eigenvalue weighted by Crippen LogP contribution is -2.37. The summed E-state index contributed by atoms with van der Waals surface area (Å²) in [7, 11) is 0. The third-order valence-corrected chi connectivity index (χ3v) is 4.06. The van der Waals surface area contributed by atoms with E-state index < -0.39 is 0 Å². The van der Waals surface area contributed by atoms with Crippen LogP contribution >= 0.6 is 27.5 Å². The molecular formula is C11H13BrClNO2. The predicted octanol–water partition coefficient (Wildman–Crippen LogP) is 3.37. The smallest absolute Gasteiger partial charge is 0.256 e. The zero-order valence-corrected chi connectivity index (χ0v) is 11.1. The summed E-state index contributed by atoms with van der Waals surface area (Å²) in [4.78, 5) is 12.4. The average molecular weight is 307 g/mol. The van der Waals surface area contributed by atoms with E-state index in [4.69, 9.17) is 16.0 Å². The molecule has 1 fully saturated rings. The first-order chi connectivity index (χ1) is 7.66. The van der Waals surface area contributed by atoms with Crippen LogP contribution in [0.3, 0.4) is 0 Å². The van der Waals surface area contributed by atoms with Crippen molar-refractivity contribution in [2.24, 2.45) is 0 Å². The van der Waals surface area contributed by atoms with Crippen molar-refractivity contribution in [1.29, 1.82) is 0 Å². The van der Waals surface area contributed by atoms with E-state index in [-0.39, 0.29) is 17.2 Å². The zero-order valence-electron chi connectivity index (χ0n) is 8.71. The molecule has 0 saturated heterocycles. The first kappa shape index (κ1) is 12.0. The fourth-order valence-electron chi connectivity index (χ4n) is 1.92. The fraction of sp³-hybridized carbons (Fsp3) is 0.545. The lowest BCUT2D eigenvalue weighted by atomic mass is 9.95. The van der Waals surface area contributed by atoms with Gasteiger partial charge in [0.2, 0.25) is 5.22 Å². The SMILES string of the molecule is O=C(NC1CCC(Br)CC1)c1ccoc1Cl. The molecular weight excluding hydrogens is 293 g/mol. The molecule has 0 bridgehead atoms. The van der Waals surface area contributed by atoms with E-state index >= 15 is 0 Å². The van der Waals surface area contributed by atoms with Crippen LogP contribution in [0.25, 0.3) is 0 Å². The predicted molar refractivity (Wildman–Crippen MR) is 66.2 cm³/mol. The molecule has 1 aliphatic carbocycles. The minimum atomic E-state index is -0.142. The van der Waals surface area contributed by atoms with E-state index in [9.17, 15) is 4.79 Å². The highest BCUT2D eigenvalue weighted by atomic mass is 79.9. The van der Waals surface area contributed by atoms with E-state index in [1.54, 1.807) is 6.07 Å². The molecule has 1 saturated carbocycles. The molecule has 1 heterocycles. The number of carbonyl (C=O) groups is 1. The number of furan rings is 1. The molecule has 1 aromatic heterocycles. The summed E-state index contributed by atoms with van der Waals surface area (Å²) in [6.07, 6.45) is 5.65. The van der Waals surface area contributed by atoms with Crippen molar-refractivity contribution < 1.29 is 9.21 Å². The van der Waals surface area contributed by atoms with E-state index in [1.165, 1.54) is 6.26 Å². The van der Waals surface area contributed by atoms with Crippen molar-refractivity contribution in [3.8, 4) is 0 Å². The van der Waals surface area contributed by atoms with Crippen LogP contribution in [0.2, 0.25) is 5.22 Å². The van der Waals surface area contributed by atoms with Gasteiger partial charge in [-0.15, -0.1) is 0 Å². The number of nitrogens with one attached hydrogen (secondary N) is 1. The summed E-state index contributed by atoms with van der Waals surface area (Å²) in [5, 5.41) is 3.14. The lowest BCUT2D eigenvalue weighted by molar-refractivity contribution is 0.0928. The lowest BCUT2D eigenvalue weighted by Gasteiger charge is -2.25. The number of amides is 1. The van der Waals surface area contributed by atoms with Gasteiger partial charge in [-0.05, 0) is 43.4 Å². The highest BCUT2D eigenvalue weighted by molar-refractivity contribution is 9.09. The molecule has 1 aliphatic rings. The van der Waals surface area contributed by atoms with Crippen LogP contribution in [0, 0.1) is 0 Å². The number of alkyl halides is 1. The molecule has 1 amide bonds. The van der Waals surface area contributed by atoms with Crippen molar-refractivity contribution in [3.05, 3.63) is 23.1 Å². The summed E-state index contributed by atoms with van der Waals surface area (Å²) < 4.78 is 4.89. The zero-order chi connectivity index (χ0) is 11.5. The summed E-state index contributed by atoms with van der Waals surface area (Å²) in [6, 6.07) is 1.85. The third-order valence-electron chi connectivity index (χ3n) is 2.85. The normalized spacial score (nSPS) is 25.4. The number of rotatable bonds is 2. The second kappa shape index (κ2) is 5.23. The monoisotopic (exact) mass is 305 g/mol. The average Bonchev–Trinajstić information content (AvgIpc) is 2.68. The summed E-state index contributed by atoms with van der Waals surface area (Å²) >= 11 is 9.32. The maximum Gasteiger partial charge on any atom is 0.256 e. The molecule has 1 N–H and O–H groups in total. The summed E-state index contributed by atoms with van der Waals surface area (Å²) in [5.41, 5.74) is 0.419. The number of hydrogen-bond donors (Lipinski definition) is 1. The van der Waals surface area contributed by atoms with Crippen molar-refractivity contribution >= 4 is 33.4 Å². The Kier molecular flexibility index (Phi) is 3.92. The number of hydrogen-bond acceptors (Lipinski definition) is 2. The van der Waals surface area contributed by atoms with Gasteiger partial charge in [-0.2, -0.15) is 0 Å². The Morgan fingerprint density at radius 1 is 1.44 bits per heavy atom. The van der Waals surface area contributed by atoms with Gasteiger partial charge in [-0.1, -0.05) is 15.9 Å². The molecule has 0 aliphatic heterocycles. The van der Waals surface area contributed by atoms with Gasteiger partial charge in [0.15, 0.2) is 0 Å². The molecule has 5 heteroatoms. The first-order valence-electron chi connectivity index (χ1n) is 5.34. The standard InChI is InChI=1S/C11H13BrClNO2/c12-7-1-3-8(4-2-7)14-11(15)9-5-6-16-10(9)13/h5-8H,1-4H2,(H,14,15). The van der Waals surface area contributed by atoms with Gasteiger partial charge >= 0.3 is 0 Å². The highest BCUT2D eigenvalue weighted by Gasteiger charge is 2.22. The molecule has 16 heavy (non-hydrogen) atoms. The molecule has 88 valence electrons. The van der Waals surface area contributed by atoms with Gasteiger partial charge in [0.05, 0.1) is 11.8 Å². The third kappa shape index (κ3) is 2.80. The Hall–Kier alpha value is -0.480. The van der Waals surface area contributed by atoms with E-state index in [0.29, 0.717) is 10.4 Å². The Morgan fingerprint density at radius 3 is 2.69 bits per heavy atom. The summed E-state index contributed by atoms with van der Waals surface area (Å²) in [5.74, 6) is -0.142. The van der Waals surface area contributed by atoms with Crippen LogP contribution in [-0.2, 0) is 0 Å². The number of halogens is 2. The Labute approximate surface area is 108 Å². The second-order valence-corrected chi connectivity index (χ2v) is 5.67. The van der Waals surface area contributed by atoms with Gasteiger partial charge < -0.3 is 9.73 Å². The molecule has 0 unspecified atom stereocenters. The Bertz CT molecular complexity index is 372. The minimum Gasteiger partial charge on any atom is -0.452 e. The van der Waals surface area contributed by atoms with Crippen LogP contribution in [0.5, 0.6) is 0 Å². The van der Waals surface area contributed by atoms with Crippen molar-refractivity contribution in [3.63, 3.8) is 0 Å². The Balaban J connectivity index is 1.91. The molecule has 2 rings (SSSR count). The molecule has 1 aromatic rings. The minimum absolute atomic E-state index is 0.142. The molecule has 0 spiro atoms. The summed E-state index contributed by atoms with van der Waals surface area (Å²) in [6.45, 7) is 0. The number of carbonyl (C=O) groups excluding carboxylic acids is 1. The largest absolute Gasteiger partial charge is 0.452 e. The second-order valence-electron chi connectivity index (χ2n) is 4.03. The van der Waals surface area contributed by atoms with E-state index in [0.717, 1.165) is 25.7 Å². The van der Waals surface area contributed by atoms with E-state index in [2.05, 4.69) is 21.2 Å². The molecule has 0 radical (unpaired) electrons. The van der Waals surface area contributed by atoms with Crippen molar-refractivity contribution in [1.82, 2.24) is 5.32 Å². The maximum atomic E-state index is 11.8. The maximum absolute atomic E-state index is 11.8. The molecule has 0 aromatic carbocycles. The van der Waals surface area contributed by atoms with Crippen LogP contribution in [0.4, 0.5) is 0 Å². The van der Waals surface area contributed by atoms with Crippen LogP contribution < -0.4 is 5.32 Å². The van der Waals surface area contributed by atoms with E-state index in [1.807, 2.05) is 0 Å². The fourth-order valence-corrected chi connectivity index (χ4v) is 2.64. The van der Waals surface area contributed by atoms with Crippen molar-refractivity contribution in [2.75, 3.05) is 0 Å². The Morgan fingerprint density at radius 2 is 2.12 bits per heavy atom. The van der Waals surface area contributed by atoms with Gasteiger partial charge in [0.25, 0.3) is 5.91 Å². The highest BCUT2D eigenvalue weighted by Crippen LogP contribution is 2.25. The van der Waals surface area contributed by atoms with Crippen LogP contribution in [0.1, 0.15) is 36.0 Å². The van der Waals surface area contributed by atoms with Gasteiger partial charge in [-0.25, -0.2) is 0 Å². The van der Waals surface area contributed by atoms with Crippen molar-refractivity contribution in [2.45, 2.75) is 36.6 Å². The first-order valence-corrected chi connectivity index (χ1v) is 6.64. The quantitative estimate of drug-likeness (QED) is 0.851. The topological polar surface area (TPSA) is 42.2 Å². The molecule has 3 nitrogen and oxygen atoms in total. The molecule has 0 atom stereocenters. The van der Waals surface area contributed by atoms with Gasteiger partial charge in [0, 0.05) is 10.9 Å². The van der Waals surface area contributed by atoms with Gasteiger partial charge in [0.1, 0.15) is 0 Å². The van der Waals surface area contributed by atoms with Crippen LogP contribution in [-0.4, -0.2) is 16.8 Å². The van der Waals surface area contributed by atoms with Gasteiger partial charge in [-0.3, -0.25) is 4.79 Å². The van der Waals surface area contributed by atoms with Crippen LogP contribution in [0.15, 0.2) is 16.7 Å².